The van der Waals surface area contributed by atoms with Gasteiger partial charge in [-0.25, -0.2) is 4.99 Å². The number of aliphatic carboxylic acids is 1. The van der Waals surface area contributed by atoms with Crippen LogP contribution < -0.4 is 26.4 Å². The Morgan fingerprint density at radius 3 is 2.79 bits per heavy atom. The van der Waals surface area contributed by atoms with Crippen molar-refractivity contribution in [1.82, 2.24) is 10.6 Å². The molecule has 6 rings (SSSR count). The maximum atomic E-state index is 13.3. The number of ether oxygens (including phenoxy) is 1. The molecule has 3 saturated carbocycles. The summed E-state index contributed by atoms with van der Waals surface area (Å²) in [6, 6.07) is 0.433. The Balaban J connectivity index is 1.36. The number of likely N-dealkylation sites (tertiary alicyclic amines) is 1. The number of carbonyl (C=O) groups is 1. The lowest BCUT2D eigenvalue weighted by atomic mass is 9.45. The van der Waals surface area contributed by atoms with E-state index in [9.17, 15) is 20.1 Å². The number of rotatable bonds is 12. The third kappa shape index (κ3) is 5.90. The average Bonchev–Trinajstić information content (AvgIpc) is 3.41. The van der Waals surface area contributed by atoms with E-state index in [1.165, 1.54) is 30.6 Å². The molecule has 2 bridgehead atoms. The minimum atomic E-state index is -1.61. The van der Waals surface area contributed by atoms with Crippen molar-refractivity contribution in [2.24, 2.45) is 51.1 Å². The second-order valence-corrected chi connectivity index (χ2v) is 16.3. The maximum Gasteiger partial charge on any atom is 0.293 e. The predicted molar refractivity (Wildman–Crippen MR) is 180 cm³/mol. The van der Waals surface area contributed by atoms with Crippen LogP contribution in [-0.2, 0) is 9.53 Å². The Morgan fingerprint density at radius 1 is 1.21 bits per heavy atom. The number of hydrogen-bond donors (Lipinski definition) is 6. The van der Waals surface area contributed by atoms with Crippen LogP contribution in [0.15, 0.2) is 16.1 Å². The molecular weight excluding hydrogens is 594 g/mol. The van der Waals surface area contributed by atoms with Crippen molar-refractivity contribution < 1.29 is 29.8 Å². The van der Waals surface area contributed by atoms with Gasteiger partial charge in [0.2, 0.25) is 0 Å². The number of aliphatic hydroxyl groups excluding tert-OH is 1. The van der Waals surface area contributed by atoms with E-state index in [1.807, 2.05) is 0 Å². The first-order valence-electron chi connectivity index (χ1n) is 19.1. The van der Waals surface area contributed by atoms with E-state index in [1.54, 1.807) is 7.05 Å². The minimum Gasteiger partial charge on any atom is -0.545 e. The van der Waals surface area contributed by atoms with E-state index in [0.29, 0.717) is 49.1 Å². The molecule has 2 saturated heterocycles. The zero-order valence-corrected chi connectivity index (χ0v) is 29.3. The number of aliphatic imine (C=N–C) groups is 1. The Kier molecular flexibility index (Phi) is 10.8. The third-order valence-electron chi connectivity index (χ3n) is 14.3. The van der Waals surface area contributed by atoms with Gasteiger partial charge in [-0.3, -0.25) is 4.90 Å². The molecule has 2 spiro atoms. The standard InChI is InChI=1S/C37H63N5O5/c1-4-5-6-8-25-11-13-30-28(9-7-15-41-30)32(25)47-23-35(46)21-36-24(2)10-12-26(19-29(36)31(35)33(44)45)37(36)22-42(34(38)39-3)17-14-27(37)20-40-16-18-43/h24-28,30,32,40-41,43,46H,4-23H2,1-3H3,(H2,38,39)(H,44,45). The van der Waals surface area contributed by atoms with Gasteiger partial charge in [0.25, 0.3) is 5.96 Å². The summed E-state index contributed by atoms with van der Waals surface area (Å²) >= 11 is 0. The van der Waals surface area contributed by atoms with Crippen LogP contribution in [0.3, 0.4) is 0 Å². The van der Waals surface area contributed by atoms with E-state index < -0.39 is 17.0 Å². The van der Waals surface area contributed by atoms with Crippen molar-refractivity contribution in [1.29, 1.82) is 0 Å². The highest BCUT2D eigenvalue weighted by atomic mass is 16.5. The number of fused-ring (bicyclic) bond motifs is 1. The normalized spacial score (nSPS) is 43.3. The highest BCUT2D eigenvalue weighted by Gasteiger charge is 2.75. The first kappa shape index (κ1) is 35.3. The fraction of sp³-hybridized carbons (Fsp3) is 0.892. The van der Waals surface area contributed by atoms with E-state index in [0.717, 1.165) is 76.7 Å². The number of guanidine groups is 1. The number of carboxylic acid groups (broad SMARTS) is 1. The van der Waals surface area contributed by atoms with Crippen LogP contribution >= 0.6 is 0 Å². The highest BCUT2D eigenvalue weighted by molar-refractivity contribution is 5.90. The van der Waals surface area contributed by atoms with Gasteiger partial charge in [0.15, 0.2) is 0 Å². The number of allylic oxidation sites excluding steroid dienone is 1. The Morgan fingerprint density at radius 2 is 2.04 bits per heavy atom. The fourth-order valence-corrected chi connectivity index (χ4v) is 12.4. The summed E-state index contributed by atoms with van der Waals surface area (Å²) in [4.78, 5) is 18.8. The van der Waals surface area contributed by atoms with Crippen molar-refractivity contribution in [2.75, 3.05) is 53.0 Å². The van der Waals surface area contributed by atoms with Crippen LogP contribution in [0.1, 0.15) is 97.3 Å². The van der Waals surface area contributed by atoms with Gasteiger partial charge in [0.1, 0.15) is 5.60 Å². The first-order valence-corrected chi connectivity index (χ1v) is 19.1. The number of aliphatic hydroxyl groups is 2. The predicted octanol–water partition coefficient (Wildman–Crippen LogP) is 0.765. The number of hydrogen-bond acceptors (Lipinski definition) is 8. The first-order chi connectivity index (χ1) is 22.7. The zero-order chi connectivity index (χ0) is 33.4. The summed E-state index contributed by atoms with van der Waals surface area (Å²) in [6.45, 7) is 8.57. The lowest BCUT2D eigenvalue weighted by Crippen LogP contribution is -3.19. The van der Waals surface area contributed by atoms with Gasteiger partial charge in [-0.1, -0.05) is 38.7 Å². The number of unbranched alkanes of at least 4 members (excludes halogenated alkanes) is 2. The Hall–Kier alpha value is -1.56. The zero-order valence-electron chi connectivity index (χ0n) is 29.3. The largest absolute Gasteiger partial charge is 0.545 e. The number of carbonyl (C=O) groups excluding carboxylic acids is 1. The van der Waals surface area contributed by atoms with E-state index in [4.69, 9.17) is 10.5 Å². The molecule has 11 atom stereocenters. The lowest BCUT2D eigenvalue weighted by Gasteiger charge is -2.60. The molecule has 2 aliphatic heterocycles. The maximum absolute atomic E-state index is 13.3. The SMILES string of the molecule is CCCCCC1CCC2NCCCC2C1OCC1(O)CC23C(=C1C(=O)[O-])CC(CCC2C)C31C[NH+](C(N)=NC)CCC1CNCCO. The van der Waals surface area contributed by atoms with E-state index in [-0.39, 0.29) is 42.1 Å². The number of carboxylic acids is 1. The fourth-order valence-electron chi connectivity index (χ4n) is 12.4. The van der Waals surface area contributed by atoms with Gasteiger partial charge >= 0.3 is 0 Å². The van der Waals surface area contributed by atoms with Crippen LogP contribution in [0.4, 0.5) is 0 Å². The molecule has 0 radical (unpaired) electrons. The molecule has 4 aliphatic carbocycles. The van der Waals surface area contributed by atoms with Crippen LogP contribution in [0.5, 0.6) is 0 Å². The van der Waals surface area contributed by atoms with Crippen molar-refractivity contribution in [3.8, 4) is 0 Å². The van der Waals surface area contributed by atoms with Gasteiger partial charge in [-0.15, -0.1) is 0 Å². The summed E-state index contributed by atoms with van der Waals surface area (Å²) < 4.78 is 6.96. The molecule has 6 aliphatic rings. The number of quaternary nitrogens is 1. The molecule has 0 aromatic rings. The molecule has 47 heavy (non-hydrogen) atoms. The molecule has 10 nitrogen and oxygen atoms in total. The van der Waals surface area contributed by atoms with E-state index >= 15 is 0 Å². The van der Waals surface area contributed by atoms with Crippen LogP contribution in [-0.4, -0.2) is 92.9 Å². The van der Waals surface area contributed by atoms with Gasteiger partial charge in [-0.05, 0) is 94.5 Å². The van der Waals surface area contributed by atoms with Crippen LogP contribution in [0, 0.1) is 40.4 Å². The summed E-state index contributed by atoms with van der Waals surface area (Å²) in [5.41, 5.74) is 5.22. The van der Waals surface area contributed by atoms with Gasteiger partial charge in [0.05, 0.1) is 38.4 Å². The number of piperidine rings is 2. The second-order valence-electron chi connectivity index (χ2n) is 16.3. The quantitative estimate of drug-likeness (QED) is 0.102. The molecular formula is C37H63N5O5. The molecule has 7 N–H and O–H groups in total. The van der Waals surface area contributed by atoms with Gasteiger partial charge < -0.3 is 41.2 Å². The van der Waals surface area contributed by atoms with Crippen molar-refractivity contribution >= 4 is 11.9 Å². The van der Waals surface area contributed by atoms with Crippen molar-refractivity contribution in [2.45, 2.75) is 115 Å². The summed E-state index contributed by atoms with van der Waals surface area (Å²) in [5.74, 6) is 0.945. The molecule has 2 heterocycles. The Labute approximate surface area is 282 Å². The molecule has 11 unspecified atom stereocenters. The van der Waals surface area contributed by atoms with Crippen molar-refractivity contribution in [3.63, 3.8) is 0 Å². The van der Waals surface area contributed by atoms with Crippen molar-refractivity contribution in [3.05, 3.63) is 11.1 Å². The molecule has 5 fully saturated rings. The number of nitrogens with two attached hydrogens (primary N) is 1. The monoisotopic (exact) mass is 657 g/mol. The van der Waals surface area contributed by atoms with Crippen LogP contribution in [0.2, 0.25) is 0 Å². The minimum absolute atomic E-state index is 0.00967. The molecule has 0 aromatic heterocycles. The number of nitrogens with one attached hydrogen (secondary N) is 3. The van der Waals surface area contributed by atoms with Gasteiger partial charge in [0, 0.05) is 48.4 Å². The van der Waals surface area contributed by atoms with Gasteiger partial charge in [-0.2, -0.15) is 0 Å². The molecule has 266 valence electrons. The molecule has 0 aromatic carbocycles. The lowest BCUT2D eigenvalue weighted by molar-refractivity contribution is -0.828. The average molecular weight is 658 g/mol. The topological polar surface area (TPSA) is 157 Å². The second kappa shape index (κ2) is 14.4. The number of nitrogens with zero attached hydrogens (tertiary/aromatic N) is 1. The third-order valence-corrected chi connectivity index (χ3v) is 14.3. The molecule has 10 heteroatoms. The summed E-state index contributed by atoms with van der Waals surface area (Å²) in [6.07, 6.45) is 13.3. The summed E-state index contributed by atoms with van der Waals surface area (Å²) in [7, 11) is 1.75. The highest BCUT2D eigenvalue weighted by Crippen LogP contribution is 2.76. The molecule has 0 amide bonds. The van der Waals surface area contributed by atoms with Crippen LogP contribution in [0.25, 0.3) is 0 Å². The Bertz CT molecular complexity index is 1190. The summed E-state index contributed by atoms with van der Waals surface area (Å²) in [5, 5.41) is 42.9. The smallest absolute Gasteiger partial charge is 0.293 e. The van der Waals surface area contributed by atoms with E-state index in [2.05, 4.69) is 29.5 Å².